The van der Waals surface area contributed by atoms with Gasteiger partial charge in [-0.15, -0.1) is 0 Å². The number of carbonyl (C=O) groups excluding carboxylic acids is 2. The van der Waals surface area contributed by atoms with Gasteiger partial charge in [0.05, 0.1) is 6.42 Å². The average Bonchev–Trinajstić information content (AvgIpc) is 2.71. The van der Waals surface area contributed by atoms with Gasteiger partial charge in [-0.3, -0.25) is 9.59 Å². The number of carbonyl (C=O) groups is 2. The monoisotopic (exact) mass is 394 g/mol. The predicted octanol–water partition coefficient (Wildman–Crippen LogP) is 4.57. The van der Waals surface area contributed by atoms with Gasteiger partial charge in [0.2, 0.25) is 11.8 Å². The van der Waals surface area contributed by atoms with Crippen LogP contribution in [0.25, 0.3) is 0 Å². The molecule has 0 aliphatic carbocycles. The van der Waals surface area contributed by atoms with Gasteiger partial charge in [-0.05, 0) is 37.8 Å². The fourth-order valence-corrected chi connectivity index (χ4v) is 3.30. The molecule has 0 spiro atoms. The first kappa shape index (κ1) is 22.7. The molecule has 0 aromatic heterocycles. The molecule has 0 saturated heterocycles. The van der Waals surface area contributed by atoms with E-state index in [1.54, 1.807) is 4.90 Å². The SMILES string of the molecule is CCCCNC(=O)[C@@H](CC)N(Cc1ccc(C)cc1)C(=O)Cc1ccc(C)cc1. The van der Waals surface area contributed by atoms with E-state index in [9.17, 15) is 9.59 Å². The zero-order valence-corrected chi connectivity index (χ0v) is 18.2. The van der Waals surface area contributed by atoms with Crippen molar-refractivity contribution in [3.63, 3.8) is 0 Å². The van der Waals surface area contributed by atoms with Gasteiger partial charge in [-0.25, -0.2) is 0 Å². The Morgan fingerprint density at radius 2 is 1.45 bits per heavy atom. The Bertz CT molecular complexity index is 781. The summed E-state index contributed by atoms with van der Waals surface area (Å²) in [5.41, 5.74) is 4.35. The molecule has 2 rings (SSSR count). The van der Waals surface area contributed by atoms with Gasteiger partial charge in [0.15, 0.2) is 0 Å². The van der Waals surface area contributed by atoms with Gasteiger partial charge in [0.25, 0.3) is 0 Å². The molecule has 2 aromatic rings. The highest BCUT2D eigenvalue weighted by Gasteiger charge is 2.28. The second-order valence-electron chi connectivity index (χ2n) is 7.74. The van der Waals surface area contributed by atoms with Crippen molar-refractivity contribution in [1.82, 2.24) is 10.2 Å². The van der Waals surface area contributed by atoms with Crippen LogP contribution in [0, 0.1) is 13.8 Å². The maximum atomic E-state index is 13.2. The average molecular weight is 395 g/mol. The predicted molar refractivity (Wildman–Crippen MR) is 119 cm³/mol. The molecule has 0 heterocycles. The van der Waals surface area contributed by atoms with Crippen molar-refractivity contribution in [2.24, 2.45) is 0 Å². The molecule has 4 nitrogen and oxygen atoms in total. The third-order valence-electron chi connectivity index (χ3n) is 5.16. The highest BCUT2D eigenvalue weighted by molar-refractivity contribution is 5.88. The molecule has 0 radical (unpaired) electrons. The topological polar surface area (TPSA) is 49.4 Å². The lowest BCUT2D eigenvalue weighted by atomic mass is 10.1. The van der Waals surface area contributed by atoms with Gasteiger partial charge in [-0.2, -0.15) is 0 Å². The number of aryl methyl sites for hydroxylation is 2. The molecule has 156 valence electrons. The van der Waals surface area contributed by atoms with Crippen molar-refractivity contribution in [2.75, 3.05) is 6.54 Å². The molecule has 0 saturated carbocycles. The summed E-state index contributed by atoms with van der Waals surface area (Å²) >= 11 is 0. The number of amides is 2. The largest absolute Gasteiger partial charge is 0.354 e. The van der Waals surface area contributed by atoms with Crippen LogP contribution < -0.4 is 5.32 Å². The van der Waals surface area contributed by atoms with Crippen LogP contribution in [0.2, 0.25) is 0 Å². The van der Waals surface area contributed by atoms with Crippen molar-refractivity contribution >= 4 is 11.8 Å². The second kappa shape index (κ2) is 11.4. The van der Waals surface area contributed by atoms with Crippen molar-refractivity contribution in [2.45, 2.75) is 66.0 Å². The third kappa shape index (κ3) is 7.04. The molecule has 0 bridgehead atoms. The molecule has 0 aliphatic rings. The Balaban J connectivity index is 2.22. The van der Waals surface area contributed by atoms with E-state index in [-0.39, 0.29) is 11.8 Å². The van der Waals surface area contributed by atoms with E-state index < -0.39 is 6.04 Å². The number of hydrogen-bond acceptors (Lipinski definition) is 2. The van der Waals surface area contributed by atoms with Crippen molar-refractivity contribution in [1.29, 1.82) is 0 Å². The number of unbranched alkanes of at least 4 members (excludes halogenated alkanes) is 1. The van der Waals surface area contributed by atoms with Crippen LogP contribution >= 0.6 is 0 Å². The van der Waals surface area contributed by atoms with Crippen LogP contribution in [0.3, 0.4) is 0 Å². The van der Waals surface area contributed by atoms with E-state index >= 15 is 0 Å². The lowest BCUT2D eigenvalue weighted by Gasteiger charge is -2.31. The molecular weight excluding hydrogens is 360 g/mol. The number of nitrogens with zero attached hydrogens (tertiary/aromatic N) is 1. The van der Waals surface area contributed by atoms with Gasteiger partial charge < -0.3 is 10.2 Å². The van der Waals surface area contributed by atoms with Crippen molar-refractivity contribution in [3.8, 4) is 0 Å². The summed E-state index contributed by atoms with van der Waals surface area (Å²) in [6.45, 7) is 9.22. The molecule has 29 heavy (non-hydrogen) atoms. The smallest absolute Gasteiger partial charge is 0.242 e. The molecule has 0 fully saturated rings. The van der Waals surface area contributed by atoms with E-state index in [0.717, 1.165) is 24.0 Å². The number of nitrogens with one attached hydrogen (secondary N) is 1. The van der Waals surface area contributed by atoms with Crippen LogP contribution in [0.4, 0.5) is 0 Å². The maximum Gasteiger partial charge on any atom is 0.242 e. The van der Waals surface area contributed by atoms with Gasteiger partial charge in [0, 0.05) is 13.1 Å². The summed E-state index contributed by atoms with van der Waals surface area (Å²) < 4.78 is 0. The minimum atomic E-state index is -0.467. The summed E-state index contributed by atoms with van der Waals surface area (Å²) in [7, 11) is 0. The third-order valence-corrected chi connectivity index (χ3v) is 5.16. The van der Waals surface area contributed by atoms with E-state index in [1.807, 2.05) is 69.3 Å². The minimum absolute atomic E-state index is 0.0214. The Morgan fingerprint density at radius 3 is 1.97 bits per heavy atom. The van der Waals surface area contributed by atoms with E-state index in [4.69, 9.17) is 0 Å². The van der Waals surface area contributed by atoms with Gasteiger partial charge in [-0.1, -0.05) is 79.9 Å². The molecule has 1 atom stereocenters. The summed E-state index contributed by atoms with van der Waals surface area (Å²) in [5, 5.41) is 3.00. The fraction of sp³-hybridized carbons (Fsp3) is 0.440. The first-order valence-corrected chi connectivity index (χ1v) is 10.6. The Labute approximate surface area is 175 Å². The number of hydrogen-bond donors (Lipinski definition) is 1. The molecular formula is C25H34N2O2. The first-order chi connectivity index (χ1) is 13.9. The lowest BCUT2D eigenvalue weighted by Crippen LogP contribution is -2.49. The van der Waals surface area contributed by atoms with Crippen LogP contribution in [-0.2, 0) is 22.6 Å². The highest BCUT2D eigenvalue weighted by Crippen LogP contribution is 2.16. The molecule has 0 aliphatic heterocycles. The zero-order chi connectivity index (χ0) is 21.2. The molecule has 4 heteroatoms. The minimum Gasteiger partial charge on any atom is -0.354 e. The van der Waals surface area contributed by atoms with Crippen LogP contribution in [0.15, 0.2) is 48.5 Å². The summed E-state index contributed by atoms with van der Waals surface area (Å²) in [4.78, 5) is 27.8. The fourth-order valence-electron chi connectivity index (χ4n) is 3.30. The lowest BCUT2D eigenvalue weighted by molar-refractivity contribution is -0.140. The summed E-state index contributed by atoms with van der Waals surface area (Å²) in [6.07, 6.45) is 2.85. The molecule has 2 aromatic carbocycles. The van der Waals surface area contributed by atoms with E-state index in [0.29, 0.717) is 25.9 Å². The Morgan fingerprint density at radius 1 is 0.897 bits per heavy atom. The Kier molecular flexibility index (Phi) is 8.91. The summed E-state index contributed by atoms with van der Waals surface area (Å²) in [6, 6.07) is 15.7. The number of benzene rings is 2. The van der Waals surface area contributed by atoms with Gasteiger partial charge in [0.1, 0.15) is 6.04 Å². The van der Waals surface area contributed by atoms with E-state index in [2.05, 4.69) is 12.2 Å². The molecule has 2 amide bonds. The summed E-state index contributed by atoms with van der Waals surface area (Å²) in [5.74, 6) is -0.0859. The quantitative estimate of drug-likeness (QED) is 0.600. The van der Waals surface area contributed by atoms with Crippen molar-refractivity contribution in [3.05, 3.63) is 70.8 Å². The first-order valence-electron chi connectivity index (χ1n) is 10.6. The Hall–Kier alpha value is -2.62. The van der Waals surface area contributed by atoms with E-state index in [1.165, 1.54) is 11.1 Å². The zero-order valence-electron chi connectivity index (χ0n) is 18.2. The van der Waals surface area contributed by atoms with Crippen molar-refractivity contribution < 1.29 is 9.59 Å². The van der Waals surface area contributed by atoms with Crippen LogP contribution in [0.5, 0.6) is 0 Å². The van der Waals surface area contributed by atoms with Crippen LogP contribution in [0.1, 0.15) is 55.4 Å². The maximum absolute atomic E-state index is 13.2. The highest BCUT2D eigenvalue weighted by atomic mass is 16.2. The van der Waals surface area contributed by atoms with Crippen LogP contribution in [-0.4, -0.2) is 29.3 Å². The van der Waals surface area contributed by atoms with Gasteiger partial charge >= 0.3 is 0 Å². The second-order valence-corrected chi connectivity index (χ2v) is 7.74. The molecule has 0 unspecified atom stereocenters. The molecule has 1 N–H and O–H groups in total. The standard InChI is InChI=1S/C25H34N2O2/c1-5-7-16-26-25(29)23(6-2)27(18-22-14-10-20(4)11-15-22)24(28)17-21-12-8-19(3)9-13-21/h8-15,23H,5-7,16-18H2,1-4H3,(H,26,29)/t23-/m1/s1. The normalized spacial score (nSPS) is 11.7. The number of rotatable bonds is 10.